The third kappa shape index (κ3) is 2.11. The maximum Gasteiger partial charge on any atom is 0.337 e. The average molecular weight is 233 g/mol. The minimum atomic E-state index is -2.14. The molecule has 1 aromatic rings. The van der Waals surface area contributed by atoms with Crippen LogP contribution in [0.2, 0.25) is 0 Å². The number of hydrogen-bond acceptors (Lipinski definition) is 4. The van der Waals surface area contributed by atoms with Gasteiger partial charge < -0.3 is 10.2 Å². The standard InChI is InChI=1S/C8H5F2NO5/c9-4-1-3(7(12)8(13)14)2-5(6(4)10)11(15)16/h1-2,7,12H,(H,13,14)/t7-/m0/s1. The van der Waals surface area contributed by atoms with Gasteiger partial charge >= 0.3 is 11.7 Å². The fourth-order valence-electron chi connectivity index (χ4n) is 1.03. The Labute approximate surface area is 86.9 Å². The molecular formula is C8H5F2NO5. The lowest BCUT2D eigenvalue weighted by Crippen LogP contribution is -2.11. The van der Waals surface area contributed by atoms with Crippen molar-refractivity contribution >= 4 is 11.7 Å². The number of nitro groups is 1. The van der Waals surface area contributed by atoms with E-state index in [1.807, 2.05) is 0 Å². The van der Waals surface area contributed by atoms with Crippen LogP contribution in [0.25, 0.3) is 0 Å². The molecule has 86 valence electrons. The van der Waals surface area contributed by atoms with Crippen molar-refractivity contribution in [1.82, 2.24) is 0 Å². The van der Waals surface area contributed by atoms with Gasteiger partial charge in [-0.05, 0) is 6.07 Å². The Morgan fingerprint density at radius 3 is 2.44 bits per heavy atom. The summed E-state index contributed by atoms with van der Waals surface area (Å²) < 4.78 is 25.7. The maximum atomic E-state index is 12.9. The molecule has 0 unspecified atom stereocenters. The molecule has 2 N–H and O–H groups in total. The van der Waals surface area contributed by atoms with Gasteiger partial charge in [0.1, 0.15) is 0 Å². The van der Waals surface area contributed by atoms with Crippen LogP contribution in [0.5, 0.6) is 0 Å². The van der Waals surface area contributed by atoms with Crippen molar-refractivity contribution in [3.63, 3.8) is 0 Å². The van der Waals surface area contributed by atoms with Gasteiger partial charge in [0.15, 0.2) is 11.9 Å². The van der Waals surface area contributed by atoms with E-state index in [1.54, 1.807) is 0 Å². The highest BCUT2D eigenvalue weighted by Crippen LogP contribution is 2.25. The summed E-state index contributed by atoms with van der Waals surface area (Å²) in [4.78, 5) is 19.4. The molecule has 0 saturated carbocycles. The van der Waals surface area contributed by atoms with Gasteiger partial charge in [0.05, 0.1) is 4.92 Å². The Hall–Kier alpha value is -2.09. The molecule has 1 aromatic carbocycles. The predicted octanol–water partition coefficient (Wildman–Crippen LogP) is 0.991. The van der Waals surface area contributed by atoms with Crippen molar-refractivity contribution in [2.75, 3.05) is 0 Å². The quantitative estimate of drug-likeness (QED) is 0.598. The number of benzene rings is 1. The molecule has 0 aliphatic rings. The summed E-state index contributed by atoms with van der Waals surface area (Å²) in [6.07, 6.45) is -2.14. The van der Waals surface area contributed by atoms with Crippen molar-refractivity contribution in [3.05, 3.63) is 39.4 Å². The first-order chi connectivity index (χ1) is 7.34. The van der Waals surface area contributed by atoms with Gasteiger partial charge in [0.25, 0.3) is 0 Å². The number of nitrogens with zero attached hydrogens (tertiary/aromatic N) is 1. The molecule has 8 heteroatoms. The van der Waals surface area contributed by atoms with Crippen LogP contribution in [-0.2, 0) is 4.79 Å². The number of halogens is 2. The van der Waals surface area contributed by atoms with Crippen LogP contribution in [0.3, 0.4) is 0 Å². The van der Waals surface area contributed by atoms with E-state index in [0.29, 0.717) is 12.1 Å². The SMILES string of the molecule is O=C(O)[C@@H](O)c1cc(F)c(F)c([N+](=O)[O-])c1. The second kappa shape index (κ2) is 4.19. The molecule has 0 bridgehead atoms. The van der Waals surface area contributed by atoms with E-state index < -0.39 is 39.9 Å². The molecule has 6 nitrogen and oxygen atoms in total. The fraction of sp³-hybridized carbons (Fsp3) is 0.125. The van der Waals surface area contributed by atoms with E-state index in [4.69, 9.17) is 10.2 Å². The molecule has 0 aliphatic heterocycles. The lowest BCUT2D eigenvalue weighted by atomic mass is 10.1. The van der Waals surface area contributed by atoms with Crippen LogP contribution in [0.1, 0.15) is 11.7 Å². The zero-order valence-corrected chi connectivity index (χ0v) is 7.55. The van der Waals surface area contributed by atoms with Gasteiger partial charge in [-0.25, -0.2) is 9.18 Å². The summed E-state index contributed by atoms with van der Waals surface area (Å²) in [6, 6.07) is 0.859. The van der Waals surface area contributed by atoms with Crippen molar-refractivity contribution in [1.29, 1.82) is 0 Å². The van der Waals surface area contributed by atoms with Gasteiger partial charge in [-0.1, -0.05) is 0 Å². The van der Waals surface area contributed by atoms with Gasteiger partial charge in [0.2, 0.25) is 5.82 Å². The Balaban J connectivity index is 3.34. The minimum absolute atomic E-state index is 0.390. The Kier molecular flexibility index (Phi) is 3.14. The molecule has 0 aromatic heterocycles. The van der Waals surface area contributed by atoms with Crippen LogP contribution in [0.4, 0.5) is 14.5 Å². The van der Waals surface area contributed by atoms with Gasteiger partial charge in [0, 0.05) is 11.6 Å². The summed E-state index contributed by atoms with van der Waals surface area (Å²) >= 11 is 0. The first-order valence-corrected chi connectivity index (χ1v) is 3.88. The number of carbonyl (C=O) groups is 1. The van der Waals surface area contributed by atoms with Crippen LogP contribution < -0.4 is 0 Å². The number of aliphatic carboxylic acids is 1. The van der Waals surface area contributed by atoms with Crippen molar-refractivity contribution in [2.24, 2.45) is 0 Å². The minimum Gasteiger partial charge on any atom is -0.479 e. The summed E-state index contributed by atoms with van der Waals surface area (Å²) in [5, 5.41) is 27.7. The van der Waals surface area contributed by atoms with Crippen molar-refractivity contribution < 1.29 is 28.7 Å². The van der Waals surface area contributed by atoms with Crippen LogP contribution in [0, 0.1) is 21.7 Å². The number of carboxylic acids is 1. The van der Waals surface area contributed by atoms with Gasteiger partial charge in [-0.2, -0.15) is 4.39 Å². The molecular weight excluding hydrogens is 228 g/mol. The molecule has 0 heterocycles. The number of rotatable bonds is 3. The zero-order chi connectivity index (χ0) is 12.5. The van der Waals surface area contributed by atoms with Crippen LogP contribution >= 0.6 is 0 Å². The fourth-order valence-corrected chi connectivity index (χ4v) is 1.03. The lowest BCUT2D eigenvalue weighted by molar-refractivity contribution is -0.387. The summed E-state index contributed by atoms with van der Waals surface area (Å²) in [6.45, 7) is 0. The van der Waals surface area contributed by atoms with Gasteiger partial charge in [-0.3, -0.25) is 10.1 Å². The normalized spacial score (nSPS) is 12.2. The zero-order valence-electron chi connectivity index (χ0n) is 7.55. The first-order valence-electron chi connectivity index (χ1n) is 3.88. The van der Waals surface area contributed by atoms with Crippen molar-refractivity contribution in [3.8, 4) is 0 Å². The molecule has 1 rings (SSSR count). The molecule has 16 heavy (non-hydrogen) atoms. The molecule has 0 saturated heterocycles. The number of aliphatic hydroxyl groups is 1. The molecule has 0 spiro atoms. The number of aliphatic hydroxyl groups excluding tert-OH is 1. The number of carboxylic acid groups (broad SMARTS) is 1. The monoisotopic (exact) mass is 233 g/mol. The lowest BCUT2D eigenvalue weighted by Gasteiger charge is -2.06. The Bertz CT molecular complexity index is 462. The summed E-state index contributed by atoms with van der Waals surface area (Å²) in [5.74, 6) is -5.02. The number of hydrogen-bond donors (Lipinski definition) is 2. The van der Waals surface area contributed by atoms with E-state index >= 15 is 0 Å². The molecule has 1 atom stereocenters. The second-order valence-corrected chi connectivity index (χ2v) is 2.83. The summed E-state index contributed by atoms with van der Waals surface area (Å²) in [7, 11) is 0. The van der Waals surface area contributed by atoms with Crippen LogP contribution in [0.15, 0.2) is 12.1 Å². The van der Waals surface area contributed by atoms with Gasteiger partial charge in [-0.15, -0.1) is 0 Å². The summed E-state index contributed by atoms with van der Waals surface area (Å²) in [5.41, 5.74) is -1.83. The third-order valence-electron chi connectivity index (χ3n) is 1.78. The second-order valence-electron chi connectivity index (χ2n) is 2.83. The highest BCUT2D eigenvalue weighted by Gasteiger charge is 2.25. The van der Waals surface area contributed by atoms with E-state index in [9.17, 15) is 23.7 Å². The van der Waals surface area contributed by atoms with Crippen LogP contribution in [-0.4, -0.2) is 21.1 Å². The number of nitro benzene ring substituents is 1. The largest absolute Gasteiger partial charge is 0.479 e. The third-order valence-corrected chi connectivity index (χ3v) is 1.78. The molecule has 0 aliphatic carbocycles. The average Bonchev–Trinajstić information content (AvgIpc) is 2.20. The Morgan fingerprint density at radius 2 is 2.00 bits per heavy atom. The highest BCUT2D eigenvalue weighted by molar-refractivity contribution is 5.74. The highest BCUT2D eigenvalue weighted by atomic mass is 19.2. The predicted molar refractivity (Wildman–Crippen MR) is 45.6 cm³/mol. The first kappa shape index (κ1) is 12.0. The molecule has 0 radical (unpaired) electrons. The topological polar surface area (TPSA) is 101 Å². The van der Waals surface area contributed by atoms with E-state index in [2.05, 4.69) is 0 Å². The van der Waals surface area contributed by atoms with E-state index in [1.165, 1.54) is 0 Å². The van der Waals surface area contributed by atoms with E-state index in [0.717, 1.165) is 0 Å². The maximum absolute atomic E-state index is 12.9. The molecule has 0 fully saturated rings. The molecule has 0 amide bonds. The van der Waals surface area contributed by atoms with Crippen molar-refractivity contribution in [2.45, 2.75) is 6.10 Å². The Morgan fingerprint density at radius 1 is 1.44 bits per heavy atom. The smallest absolute Gasteiger partial charge is 0.337 e. The van der Waals surface area contributed by atoms with E-state index in [-0.39, 0.29) is 0 Å².